The van der Waals surface area contributed by atoms with Gasteiger partial charge in [-0.05, 0) is 36.4 Å². The number of carboxylic acids is 1. The first-order valence-corrected chi connectivity index (χ1v) is 10.7. The number of benzene rings is 2. The average molecular weight is 535 g/mol. The van der Waals surface area contributed by atoms with E-state index < -0.39 is 41.9 Å². The van der Waals surface area contributed by atoms with Gasteiger partial charge in [0, 0.05) is 0 Å². The number of hydrazine groups is 1. The van der Waals surface area contributed by atoms with Crippen molar-refractivity contribution in [2.75, 3.05) is 0 Å². The molecular weight excluding hydrogens is 519 g/mol. The molecule has 0 bridgehead atoms. The summed E-state index contributed by atoms with van der Waals surface area (Å²) in [7, 11) is 0. The maximum Gasteiger partial charge on any atom is 0.349 e. The van der Waals surface area contributed by atoms with Gasteiger partial charge >= 0.3 is 23.8 Å². The first kappa shape index (κ1) is 26.3. The molecule has 3 rings (SSSR count). The number of aliphatic carboxylic acids is 1. The SMILES string of the molecule is O=C(NNC(=O)[C@H](OC(=O)c1ccccc1Cl)[C@@H](OC(=O)c1ccccc1Cl)C(=O)O)c1ccco1. The fourth-order valence-electron chi connectivity index (χ4n) is 2.76. The highest BCUT2D eigenvalue weighted by Crippen LogP contribution is 2.20. The lowest BCUT2D eigenvalue weighted by molar-refractivity contribution is -0.159. The molecule has 3 aromatic rings. The number of hydrogen-bond acceptors (Lipinski definition) is 8. The molecule has 0 unspecified atom stereocenters. The van der Waals surface area contributed by atoms with Crippen LogP contribution in [0.4, 0.5) is 0 Å². The van der Waals surface area contributed by atoms with Gasteiger partial charge in [-0.2, -0.15) is 0 Å². The fourth-order valence-corrected chi connectivity index (χ4v) is 3.19. The van der Waals surface area contributed by atoms with E-state index in [1.165, 1.54) is 66.9 Å². The monoisotopic (exact) mass is 534 g/mol. The Bertz CT molecular complexity index is 1290. The van der Waals surface area contributed by atoms with Crippen LogP contribution in [0.5, 0.6) is 0 Å². The Hall–Kier alpha value is -4.35. The number of ether oxygens (including phenoxy) is 2. The van der Waals surface area contributed by atoms with Crippen molar-refractivity contribution in [1.29, 1.82) is 0 Å². The molecule has 186 valence electrons. The van der Waals surface area contributed by atoms with Crippen LogP contribution in [0.1, 0.15) is 31.3 Å². The quantitative estimate of drug-likeness (QED) is 0.291. The molecule has 0 fully saturated rings. The third-order valence-corrected chi connectivity index (χ3v) is 5.14. The average Bonchev–Trinajstić information content (AvgIpc) is 3.40. The number of halogens is 2. The molecule has 1 aromatic heterocycles. The molecule has 0 aliphatic heterocycles. The second-order valence-corrected chi connectivity index (χ2v) is 7.68. The Morgan fingerprint density at radius 1 is 0.750 bits per heavy atom. The van der Waals surface area contributed by atoms with E-state index in [-0.39, 0.29) is 26.9 Å². The summed E-state index contributed by atoms with van der Waals surface area (Å²) in [6.45, 7) is 0. The topological polar surface area (TPSA) is 161 Å². The maximum atomic E-state index is 12.9. The van der Waals surface area contributed by atoms with E-state index in [4.69, 9.17) is 37.1 Å². The minimum atomic E-state index is -2.35. The van der Waals surface area contributed by atoms with Gasteiger partial charge in [-0.3, -0.25) is 20.4 Å². The zero-order valence-electron chi connectivity index (χ0n) is 18.0. The van der Waals surface area contributed by atoms with Gasteiger partial charge in [-0.25, -0.2) is 14.4 Å². The van der Waals surface area contributed by atoms with Gasteiger partial charge in [0.2, 0.25) is 12.2 Å². The second kappa shape index (κ2) is 11.9. The summed E-state index contributed by atoms with van der Waals surface area (Å²) in [4.78, 5) is 62.2. The van der Waals surface area contributed by atoms with Crippen LogP contribution in [0.3, 0.4) is 0 Å². The molecule has 0 saturated carbocycles. The van der Waals surface area contributed by atoms with E-state index in [2.05, 4.69) is 0 Å². The van der Waals surface area contributed by atoms with Gasteiger partial charge in [0.1, 0.15) is 0 Å². The normalized spacial score (nSPS) is 12.1. The lowest BCUT2D eigenvalue weighted by Crippen LogP contribution is -2.54. The molecule has 0 aliphatic rings. The number of furan rings is 1. The van der Waals surface area contributed by atoms with E-state index in [0.717, 1.165) is 0 Å². The molecule has 11 nitrogen and oxygen atoms in total. The molecule has 13 heteroatoms. The Kier molecular flexibility index (Phi) is 8.66. The summed E-state index contributed by atoms with van der Waals surface area (Å²) in [5.74, 6) is -6.66. The van der Waals surface area contributed by atoms with Crippen LogP contribution in [0.15, 0.2) is 71.3 Å². The number of carboxylic acid groups (broad SMARTS) is 1. The van der Waals surface area contributed by atoms with E-state index in [0.29, 0.717) is 0 Å². The number of esters is 2. The zero-order chi connectivity index (χ0) is 26.2. The smallest absolute Gasteiger partial charge is 0.349 e. The van der Waals surface area contributed by atoms with Crippen LogP contribution in [-0.4, -0.2) is 47.0 Å². The van der Waals surface area contributed by atoms with E-state index >= 15 is 0 Å². The minimum Gasteiger partial charge on any atom is -0.478 e. The molecule has 0 saturated heterocycles. The van der Waals surface area contributed by atoms with Crippen LogP contribution in [0.2, 0.25) is 10.0 Å². The third kappa shape index (κ3) is 6.40. The number of nitrogens with one attached hydrogen (secondary N) is 2. The Morgan fingerprint density at radius 3 is 1.75 bits per heavy atom. The highest BCUT2D eigenvalue weighted by Gasteiger charge is 2.41. The molecule has 0 radical (unpaired) electrons. The number of amides is 2. The summed E-state index contributed by atoms with van der Waals surface area (Å²) >= 11 is 11.9. The lowest BCUT2D eigenvalue weighted by Gasteiger charge is -2.23. The highest BCUT2D eigenvalue weighted by molar-refractivity contribution is 6.34. The van der Waals surface area contributed by atoms with Crippen molar-refractivity contribution in [2.45, 2.75) is 12.2 Å². The minimum absolute atomic E-state index is 0.0484. The number of hydrogen-bond donors (Lipinski definition) is 3. The van der Waals surface area contributed by atoms with Crippen LogP contribution < -0.4 is 10.9 Å². The summed E-state index contributed by atoms with van der Waals surface area (Å²) in [6.07, 6.45) is -3.41. The van der Waals surface area contributed by atoms with Crippen molar-refractivity contribution in [3.05, 3.63) is 93.9 Å². The fraction of sp³-hybridized carbons (Fsp3) is 0.0870. The molecule has 2 atom stereocenters. The van der Waals surface area contributed by atoms with Crippen molar-refractivity contribution in [1.82, 2.24) is 10.9 Å². The zero-order valence-corrected chi connectivity index (χ0v) is 19.5. The van der Waals surface area contributed by atoms with Crippen molar-refractivity contribution in [3.63, 3.8) is 0 Å². The van der Waals surface area contributed by atoms with Gasteiger partial charge in [-0.1, -0.05) is 47.5 Å². The van der Waals surface area contributed by atoms with Gasteiger partial charge in [0.25, 0.3) is 5.91 Å². The van der Waals surface area contributed by atoms with Crippen molar-refractivity contribution < 1.29 is 43.0 Å². The summed E-state index contributed by atoms with van der Waals surface area (Å²) in [5, 5.41) is 9.62. The molecule has 1 heterocycles. The first-order valence-electron chi connectivity index (χ1n) is 9.96. The van der Waals surface area contributed by atoms with Gasteiger partial charge < -0.3 is 19.0 Å². The molecule has 2 amide bonds. The first-order chi connectivity index (χ1) is 17.2. The standard InChI is InChI=1S/C23H16Cl2N2O9/c24-14-8-3-1-6-12(14)22(32)35-17(20(29)27-26-19(28)16-10-5-11-34-16)18(21(30)31)36-23(33)13-7-2-4-9-15(13)25/h1-11,17-18H,(H,26,28)(H,27,29)(H,30,31)/t17-,18-/m1/s1. The summed E-state index contributed by atoms with van der Waals surface area (Å²) in [6, 6.07) is 13.9. The number of rotatable bonds is 8. The number of carbonyl (C=O) groups is 5. The Labute approximate surface area is 212 Å². The molecule has 0 aliphatic carbocycles. The Morgan fingerprint density at radius 2 is 1.28 bits per heavy atom. The van der Waals surface area contributed by atoms with Crippen LogP contribution in [-0.2, 0) is 19.1 Å². The predicted molar refractivity (Wildman–Crippen MR) is 123 cm³/mol. The summed E-state index contributed by atoms with van der Waals surface area (Å²) < 4.78 is 15.0. The van der Waals surface area contributed by atoms with E-state index in [9.17, 15) is 29.1 Å². The highest BCUT2D eigenvalue weighted by atomic mass is 35.5. The van der Waals surface area contributed by atoms with Crippen LogP contribution in [0.25, 0.3) is 0 Å². The largest absolute Gasteiger partial charge is 0.478 e. The molecule has 2 aromatic carbocycles. The lowest BCUT2D eigenvalue weighted by atomic mass is 10.1. The maximum absolute atomic E-state index is 12.9. The van der Waals surface area contributed by atoms with Gasteiger partial charge in [0.05, 0.1) is 27.4 Å². The molecular formula is C23H16Cl2N2O9. The van der Waals surface area contributed by atoms with E-state index in [1.807, 2.05) is 10.9 Å². The van der Waals surface area contributed by atoms with Crippen LogP contribution in [0, 0.1) is 0 Å². The van der Waals surface area contributed by atoms with Crippen molar-refractivity contribution in [2.24, 2.45) is 0 Å². The predicted octanol–water partition coefficient (Wildman–Crippen LogP) is 2.88. The molecule has 0 spiro atoms. The summed E-state index contributed by atoms with van der Waals surface area (Å²) in [5.41, 5.74) is 3.49. The molecule has 3 N–H and O–H groups in total. The van der Waals surface area contributed by atoms with Gasteiger partial charge in [-0.15, -0.1) is 0 Å². The number of carbonyl (C=O) groups excluding carboxylic acids is 4. The van der Waals surface area contributed by atoms with Crippen molar-refractivity contribution in [3.8, 4) is 0 Å². The molecule has 36 heavy (non-hydrogen) atoms. The van der Waals surface area contributed by atoms with E-state index in [1.54, 1.807) is 0 Å². The van der Waals surface area contributed by atoms with Crippen LogP contribution >= 0.6 is 23.2 Å². The second-order valence-electron chi connectivity index (χ2n) is 6.87. The van der Waals surface area contributed by atoms with Crippen molar-refractivity contribution >= 4 is 52.9 Å². The van der Waals surface area contributed by atoms with Gasteiger partial charge in [0.15, 0.2) is 5.76 Å². The Balaban J connectivity index is 1.87. The third-order valence-electron chi connectivity index (χ3n) is 4.48.